The zero-order valence-corrected chi connectivity index (χ0v) is 10.5. The van der Waals surface area contributed by atoms with Crippen LogP contribution in [0, 0.1) is 17.8 Å². The standard InChI is InChI=1S/C13H24N2O/c1-9-4-3-5-12(10(9)2)15-13(16)11-6-7-14-8-11/h9-12,14H,3-8H2,1-2H3,(H,15,16). The van der Waals surface area contributed by atoms with Gasteiger partial charge in [-0.05, 0) is 31.2 Å². The molecule has 1 saturated heterocycles. The number of amides is 1. The molecular weight excluding hydrogens is 200 g/mol. The second kappa shape index (κ2) is 5.17. The molecule has 1 amide bonds. The summed E-state index contributed by atoms with van der Waals surface area (Å²) in [6.07, 6.45) is 4.75. The van der Waals surface area contributed by atoms with Crippen molar-refractivity contribution in [2.24, 2.45) is 17.8 Å². The van der Waals surface area contributed by atoms with Gasteiger partial charge in [-0.1, -0.05) is 26.7 Å². The highest BCUT2D eigenvalue weighted by atomic mass is 16.2. The molecule has 16 heavy (non-hydrogen) atoms. The van der Waals surface area contributed by atoms with E-state index in [9.17, 15) is 4.79 Å². The quantitative estimate of drug-likeness (QED) is 0.747. The molecule has 0 aromatic carbocycles. The monoisotopic (exact) mass is 224 g/mol. The topological polar surface area (TPSA) is 41.1 Å². The summed E-state index contributed by atoms with van der Waals surface area (Å²) < 4.78 is 0. The van der Waals surface area contributed by atoms with Crippen LogP contribution in [0.4, 0.5) is 0 Å². The molecule has 1 aliphatic heterocycles. The number of rotatable bonds is 2. The molecule has 2 rings (SSSR count). The molecule has 2 aliphatic rings. The Labute approximate surface area is 98.4 Å². The predicted octanol–water partition coefficient (Wildman–Crippen LogP) is 1.54. The molecule has 3 heteroatoms. The van der Waals surface area contributed by atoms with Gasteiger partial charge in [0, 0.05) is 12.6 Å². The molecule has 0 aromatic rings. The highest BCUT2D eigenvalue weighted by molar-refractivity contribution is 5.79. The maximum absolute atomic E-state index is 12.0. The van der Waals surface area contributed by atoms with Crippen LogP contribution in [-0.2, 0) is 4.79 Å². The van der Waals surface area contributed by atoms with Crippen molar-refractivity contribution >= 4 is 5.91 Å². The molecule has 0 bridgehead atoms. The van der Waals surface area contributed by atoms with Gasteiger partial charge >= 0.3 is 0 Å². The number of carbonyl (C=O) groups excluding carboxylic acids is 1. The third kappa shape index (κ3) is 2.57. The van der Waals surface area contributed by atoms with Gasteiger partial charge in [-0.2, -0.15) is 0 Å². The first-order chi connectivity index (χ1) is 7.68. The third-order valence-corrected chi connectivity index (χ3v) is 4.47. The molecule has 2 N–H and O–H groups in total. The molecular formula is C13H24N2O. The minimum Gasteiger partial charge on any atom is -0.353 e. The van der Waals surface area contributed by atoms with E-state index >= 15 is 0 Å². The van der Waals surface area contributed by atoms with Crippen LogP contribution in [0.2, 0.25) is 0 Å². The Hall–Kier alpha value is -0.570. The Balaban J connectivity index is 1.85. The average Bonchev–Trinajstić information content (AvgIpc) is 2.78. The summed E-state index contributed by atoms with van der Waals surface area (Å²) >= 11 is 0. The first-order valence-electron chi connectivity index (χ1n) is 6.69. The van der Waals surface area contributed by atoms with Gasteiger partial charge in [0.25, 0.3) is 0 Å². The van der Waals surface area contributed by atoms with Gasteiger partial charge in [0.2, 0.25) is 5.91 Å². The van der Waals surface area contributed by atoms with E-state index in [-0.39, 0.29) is 11.8 Å². The van der Waals surface area contributed by atoms with Crippen LogP contribution < -0.4 is 10.6 Å². The Kier molecular flexibility index (Phi) is 3.85. The van der Waals surface area contributed by atoms with Crippen molar-refractivity contribution < 1.29 is 4.79 Å². The van der Waals surface area contributed by atoms with Crippen LogP contribution >= 0.6 is 0 Å². The summed E-state index contributed by atoms with van der Waals surface area (Å²) in [5, 5.41) is 6.51. The van der Waals surface area contributed by atoms with Crippen molar-refractivity contribution in [3.63, 3.8) is 0 Å². The first-order valence-corrected chi connectivity index (χ1v) is 6.69. The van der Waals surface area contributed by atoms with Crippen molar-refractivity contribution in [3.05, 3.63) is 0 Å². The van der Waals surface area contributed by atoms with Crippen LogP contribution in [0.15, 0.2) is 0 Å². The van der Waals surface area contributed by atoms with E-state index in [1.807, 2.05) is 0 Å². The molecule has 0 radical (unpaired) electrons. The summed E-state index contributed by atoms with van der Waals surface area (Å²) in [5.74, 6) is 1.87. The number of hydrogen-bond donors (Lipinski definition) is 2. The largest absolute Gasteiger partial charge is 0.353 e. The minimum atomic E-state index is 0.212. The van der Waals surface area contributed by atoms with Crippen LogP contribution in [0.25, 0.3) is 0 Å². The van der Waals surface area contributed by atoms with Gasteiger partial charge in [0.1, 0.15) is 0 Å². The normalized spacial score (nSPS) is 39.6. The predicted molar refractivity (Wildman–Crippen MR) is 65.1 cm³/mol. The van der Waals surface area contributed by atoms with E-state index in [2.05, 4.69) is 24.5 Å². The Morgan fingerprint density at radius 2 is 2.06 bits per heavy atom. The fraction of sp³-hybridized carbons (Fsp3) is 0.923. The fourth-order valence-corrected chi connectivity index (χ4v) is 2.96. The second-order valence-corrected chi connectivity index (χ2v) is 5.57. The second-order valence-electron chi connectivity index (χ2n) is 5.57. The lowest BCUT2D eigenvalue weighted by Crippen LogP contribution is -2.46. The van der Waals surface area contributed by atoms with E-state index in [1.165, 1.54) is 12.8 Å². The molecule has 92 valence electrons. The Morgan fingerprint density at radius 3 is 2.75 bits per heavy atom. The zero-order valence-electron chi connectivity index (χ0n) is 10.5. The molecule has 4 unspecified atom stereocenters. The van der Waals surface area contributed by atoms with Crippen LogP contribution in [0.5, 0.6) is 0 Å². The highest BCUT2D eigenvalue weighted by Crippen LogP contribution is 2.29. The maximum atomic E-state index is 12.0. The van der Waals surface area contributed by atoms with Crippen molar-refractivity contribution in [1.82, 2.24) is 10.6 Å². The van der Waals surface area contributed by atoms with Crippen LogP contribution in [0.1, 0.15) is 39.5 Å². The van der Waals surface area contributed by atoms with E-state index < -0.39 is 0 Å². The summed E-state index contributed by atoms with van der Waals surface area (Å²) in [6.45, 7) is 6.44. The van der Waals surface area contributed by atoms with E-state index in [4.69, 9.17) is 0 Å². The van der Waals surface area contributed by atoms with Crippen molar-refractivity contribution in [1.29, 1.82) is 0 Å². The van der Waals surface area contributed by atoms with Gasteiger partial charge < -0.3 is 10.6 Å². The molecule has 4 atom stereocenters. The molecule has 3 nitrogen and oxygen atoms in total. The lowest BCUT2D eigenvalue weighted by Gasteiger charge is -2.35. The van der Waals surface area contributed by atoms with Gasteiger partial charge in [-0.25, -0.2) is 0 Å². The lowest BCUT2D eigenvalue weighted by atomic mass is 9.78. The molecule has 0 spiro atoms. The van der Waals surface area contributed by atoms with Gasteiger partial charge in [-0.3, -0.25) is 4.79 Å². The van der Waals surface area contributed by atoms with Crippen molar-refractivity contribution in [2.75, 3.05) is 13.1 Å². The number of carbonyl (C=O) groups is 1. The number of nitrogens with one attached hydrogen (secondary N) is 2. The molecule has 1 aliphatic carbocycles. The third-order valence-electron chi connectivity index (χ3n) is 4.47. The fourth-order valence-electron chi connectivity index (χ4n) is 2.96. The minimum absolute atomic E-state index is 0.212. The average molecular weight is 224 g/mol. The van der Waals surface area contributed by atoms with Gasteiger partial charge in [0.05, 0.1) is 5.92 Å². The first kappa shape index (κ1) is 11.9. The molecule has 1 heterocycles. The summed E-state index contributed by atoms with van der Waals surface area (Å²) in [4.78, 5) is 12.0. The SMILES string of the molecule is CC1CCCC(NC(=O)C2CCNC2)C1C. The lowest BCUT2D eigenvalue weighted by molar-refractivity contribution is -0.125. The van der Waals surface area contributed by atoms with E-state index in [0.717, 1.165) is 31.8 Å². The smallest absolute Gasteiger partial charge is 0.224 e. The van der Waals surface area contributed by atoms with Crippen molar-refractivity contribution in [2.45, 2.75) is 45.6 Å². The van der Waals surface area contributed by atoms with E-state index in [1.54, 1.807) is 0 Å². The van der Waals surface area contributed by atoms with E-state index in [0.29, 0.717) is 12.0 Å². The Morgan fingerprint density at radius 1 is 1.25 bits per heavy atom. The summed E-state index contributed by atoms with van der Waals surface area (Å²) in [7, 11) is 0. The zero-order chi connectivity index (χ0) is 11.5. The van der Waals surface area contributed by atoms with Gasteiger partial charge in [0.15, 0.2) is 0 Å². The summed E-state index contributed by atoms with van der Waals surface area (Å²) in [6, 6.07) is 0.414. The van der Waals surface area contributed by atoms with Crippen LogP contribution in [-0.4, -0.2) is 25.0 Å². The summed E-state index contributed by atoms with van der Waals surface area (Å²) in [5.41, 5.74) is 0. The van der Waals surface area contributed by atoms with Gasteiger partial charge in [-0.15, -0.1) is 0 Å². The molecule has 2 fully saturated rings. The number of hydrogen-bond acceptors (Lipinski definition) is 2. The Bertz CT molecular complexity index is 248. The molecule has 1 saturated carbocycles. The van der Waals surface area contributed by atoms with Crippen molar-refractivity contribution in [3.8, 4) is 0 Å². The maximum Gasteiger partial charge on any atom is 0.224 e. The van der Waals surface area contributed by atoms with Crippen LogP contribution in [0.3, 0.4) is 0 Å². The molecule has 0 aromatic heterocycles. The highest BCUT2D eigenvalue weighted by Gasteiger charge is 2.30.